The molecule has 0 radical (unpaired) electrons. The van der Waals surface area contributed by atoms with Crippen LogP contribution in [0.5, 0.6) is 0 Å². The third-order valence-corrected chi connectivity index (χ3v) is 5.02. The Bertz CT molecular complexity index is 1310. The van der Waals surface area contributed by atoms with Crippen LogP contribution >= 0.6 is 0 Å². The Morgan fingerprint density at radius 1 is 1.13 bits per heavy atom. The number of pyridine rings is 3. The summed E-state index contributed by atoms with van der Waals surface area (Å²) in [5.74, 6) is 0.892. The Hall–Kier alpha value is -3.81. The average Bonchev–Trinajstić information content (AvgIpc) is 3.08. The zero-order valence-electron chi connectivity index (χ0n) is 17.8. The zero-order chi connectivity index (χ0) is 22.0. The number of H-pyrrole nitrogens is 1. The number of hydrogen-bond donors (Lipinski definition) is 1. The Kier molecular flexibility index (Phi) is 5.62. The number of ketones is 1. The molecule has 4 aromatic heterocycles. The van der Waals surface area contributed by atoms with Crippen LogP contribution in [0.4, 0.5) is 5.82 Å². The Labute approximate surface area is 179 Å². The second-order valence-electron chi connectivity index (χ2n) is 7.43. The molecule has 0 aromatic carbocycles. The van der Waals surface area contributed by atoms with E-state index >= 15 is 0 Å². The molecule has 0 bridgehead atoms. The van der Waals surface area contributed by atoms with Gasteiger partial charge in [-0.15, -0.1) is 0 Å². The van der Waals surface area contributed by atoms with Crippen molar-refractivity contribution < 1.29 is 4.79 Å². The van der Waals surface area contributed by atoms with Crippen LogP contribution in [0, 0.1) is 6.92 Å². The van der Waals surface area contributed by atoms with Gasteiger partial charge < -0.3 is 4.90 Å². The van der Waals surface area contributed by atoms with E-state index in [4.69, 9.17) is 4.98 Å². The molecule has 1 N–H and O–H groups in total. The lowest BCUT2D eigenvalue weighted by molar-refractivity contribution is 0.101. The molecular weight excluding hydrogens is 392 g/mol. The molecule has 0 amide bonds. The summed E-state index contributed by atoms with van der Waals surface area (Å²) in [6.45, 7) is 6.75. The van der Waals surface area contributed by atoms with Crippen LogP contribution in [-0.2, 0) is 6.54 Å². The first kappa shape index (κ1) is 20.5. The van der Waals surface area contributed by atoms with Crippen LogP contribution in [0.1, 0.15) is 42.0 Å². The quantitative estimate of drug-likeness (QED) is 0.464. The van der Waals surface area contributed by atoms with Crippen molar-refractivity contribution >= 4 is 22.8 Å². The van der Waals surface area contributed by atoms with Crippen molar-refractivity contribution in [2.24, 2.45) is 0 Å². The number of nitrogens with zero attached hydrogens (tertiary/aromatic N) is 5. The predicted octanol–water partition coefficient (Wildman–Crippen LogP) is 3.43. The first-order valence-electron chi connectivity index (χ1n) is 10.2. The minimum Gasteiger partial charge on any atom is -0.350 e. The lowest BCUT2D eigenvalue weighted by Crippen LogP contribution is -2.28. The summed E-state index contributed by atoms with van der Waals surface area (Å²) in [5, 5.41) is 0. The molecule has 0 aliphatic carbocycles. The molecule has 4 aromatic rings. The van der Waals surface area contributed by atoms with E-state index in [0.29, 0.717) is 41.5 Å². The standard InChI is InChI=1S/C23H24N6O2/c1-4-13-28(14-17-8-5-7-15(2)25-17)22-18(16(3)30)10-11-20(26-22)29-19-9-6-12-24-21(19)27-23(29)31/h5-12H,4,13-14H2,1-3H3,(H,24,27,31). The maximum Gasteiger partial charge on any atom is 0.333 e. The van der Waals surface area contributed by atoms with Gasteiger partial charge in [-0.1, -0.05) is 13.0 Å². The van der Waals surface area contributed by atoms with E-state index in [9.17, 15) is 9.59 Å². The summed E-state index contributed by atoms with van der Waals surface area (Å²) in [7, 11) is 0. The number of imidazole rings is 1. The smallest absolute Gasteiger partial charge is 0.333 e. The van der Waals surface area contributed by atoms with Gasteiger partial charge in [0.15, 0.2) is 11.4 Å². The Morgan fingerprint density at radius 2 is 1.97 bits per heavy atom. The summed E-state index contributed by atoms with van der Waals surface area (Å²) in [5.41, 5.74) is 3.12. The highest BCUT2D eigenvalue weighted by molar-refractivity contribution is 5.99. The Balaban J connectivity index is 1.85. The van der Waals surface area contributed by atoms with Crippen molar-refractivity contribution in [3.8, 4) is 5.82 Å². The van der Waals surface area contributed by atoms with E-state index in [2.05, 4.69) is 21.9 Å². The number of aryl methyl sites for hydroxylation is 1. The fourth-order valence-corrected chi connectivity index (χ4v) is 3.66. The summed E-state index contributed by atoms with van der Waals surface area (Å²) in [6.07, 6.45) is 2.49. The van der Waals surface area contributed by atoms with Crippen LogP contribution in [0.3, 0.4) is 0 Å². The summed E-state index contributed by atoms with van der Waals surface area (Å²) < 4.78 is 1.48. The van der Waals surface area contributed by atoms with E-state index in [-0.39, 0.29) is 11.5 Å². The van der Waals surface area contributed by atoms with Gasteiger partial charge in [0.25, 0.3) is 0 Å². The first-order valence-corrected chi connectivity index (χ1v) is 10.2. The van der Waals surface area contributed by atoms with Crippen LogP contribution in [-0.4, -0.2) is 36.8 Å². The van der Waals surface area contributed by atoms with Gasteiger partial charge in [-0.25, -0.2) is 19.3 Å². The molecule has 0 aliphatic rings. The molecule has 31 heavy (non-hydrogen) atoms. The summed E-state index contributed by atoms with van der Waals surface area (Å²) in [4.78, 5) is 43.4. The minimum atomic E-state index is -0.329. The highest BCUT2D eigenvalue weighted by Gasteiger charge is 2.19. The van der Waals surface area contributed by atoms with Gasteiger partial charge in [-0.3, -0.25) is 14.8 Å². The number of carbonyl (C=O) groups is 1. The largest absolute Gasteiger partial charge is 0.350 e. The average molecular weight is 416 g/mol. The first-order chi connectivity index (χ1) is 15.0. The van der Waals surface area contributed by atoms with E-state index in [1.807, 2.05) is 30.0 Å². The molecule has 0 saturated carbocycles. The predicted molar refractivity (Wildman–Crippen MR) is 120 cm³/mol. The number of fused-ring (bicyclic) bond motifs is 1. The highest BCUT2D eigenvalue weighted by atomic mass is 16.1. The third kappa shape index (κ3) is 4.09. The van der Waals surface area contributed by atoms with Crippen molar-refractivity contribution in [3.05, 3.63) is 76.1 Å². The number of rotatable bonds is 7. The van der Waals surface area contributed by atoms with Crippen LogP contribution in [0.25, 0.3) is 17.0 Å². The Morgan fingerprint density at radius 3 is 2.71 bits per heavy atom. The molecule has 0 fully saturated rings. The number of hydrogen-bond acceptors (Lipinski definition) is 6. The lowest BCUT2D eigenvalue weighted by atomic mass is 10.1. The van der Waals surface area contributed by atoms with E-state index < -0.39 is 0 Å². The van der Waals surface area contributed by atoms with E-state index in [0.717, 1.165) is 17.8 Å². The number of aromatic nitrogens is 5. The molecule has 4 rings (SSSR count). The van der Waals surface area contributed by atoms with Gasteiger partial charge in [0, 0.05) is 18.4 Å². The van der Waals surface area contributed by atoms with E-state index in [1.165, 1.54) is 11.5 Å². The van der Waals surface area contributed by atoms with Crippen molar-refractivity contribution in [1.29, 1.82) is 0 Å². The van der Waals surface area contributed by atoms with Crippen molar-refractivity contribution in [2.45, 2.75) is 33.7 Å². The number of aromatic amines is 1. The monoisotopic (exact) mass is 416 g/mol. The number of anilines is 1. The van der Waals surface area contributed by atoms with Gasteiger partial charge in [0.2, 0.25) is 0 Å². The second kappa shape index (κ2) is 8.51. The maximum atomic E-state index is 12.6. The molecule has 0 spiro atoms. The zero-order valence-corrected chi connectivity index (χ0v) is 17.8. The number of nitrogens with one attached hydrogen (secondary N) is 1. The molecule has 0 saturated heterocycles. The summed E-state index contributed by atoms with van der Waals surface area (Å²) in [6, 6.07) is 12.9. The normalized spacial score (nSPS) is 11.1. The van der Waals surface area contributed by atoms with Crippen LogP contribution in [0.15, 0.2) is 53.5 Å². The highest BCUT2D eigenvalue weighted by Crippen LogP contribution is 2.24. The van der Waals surface area contributed by atoms with Crippen molar-refractivity contribution in [2.75, 3.05) is 11.4 Å². The number of Topliss-reactive ketones (excluding diaryl/α,β-unsaturated/α-hetero) is 1. The molecule has 0 aliphatic heterocycles. The van der Waals surface area contributed by atoms with E-state index in [1.54, 1.807) is 30.5 Å². The summed E-state index contributed by atoms with van der Waals surface area (Å²) >= 11 is 0. The van der Waals surface area contributed by atoms with Crippen molar-refractivity contribution in [1.82, 2.24) is 24.5 Å². The molecule has 8 nitrogen and oxygen atoms in total. The van der Waals surface area contributed by atoms with Gasteiger partial charge in [-0.05, 0) is 56.7 Å². The molecule has 8 heteroatoms. The van der Waals surface area contributed by atoms with Gasteiger partial charge >= 0.3 is 5.69 Å². The topological polar surface area (TPSA) is 96.8 Å². The van der Waals surface area contributed by atoms with Gasteiger partial charge in [-0.2, -0.15) is 0 Å². The van der Waals surface area contributed by atoms with Gasteiger partial charge in [0.1, 0.15) is 11.6 Å². The second-order valence-corrected chi connectivity index (χ2v) is 7.43. The molecule has 4 heterocycles. The SMILES string of the molecule is CCCN(Cc1cccc(C)n1)c1nc(-n2c(=O)[nH]c3ncccc32)ccc1C(C)=O. The number of carbonyl (C=O) groups excluding carboxylic acids is 1. The molecule has 0 unspecified atom stereocenters. The fraction of sp³-hybridized carbons (Fsp3) is 0.261. The molecular formula is C23H24N6O2. The molecule has 158 valence electrons. The van der Waals surface area contributed by atoms with Gasteiger partial charge in [0.05, 0.1) is 23.3 Å². The van der Waals surface area contributed by atoms with Crippen LogP contribution < -0.4 is 10.6 Å². The molecule has 0 atom stereocenters. The fourth-order valence-electron chi connectivity index (χ4n) is 3.66. The van der Waals surface area contributed by atoms with Crippen molar-refractivity contribution in [3.63, 3.8) is 0 Å². The lowest BCUT2D eigenvalue weighted by Gasteiger charge is -2.25. The minimum absolute atomic E-state index is 0.0831. The maximum absolute atomic E-state index is 12.6. The van der Waals surface area contributed by atoms with Crippen LogP contribution in [0.2, 0.25) is 0 Å². The third-order valence-electron chi connectivity index (χ3n) is 5.02.